The smallest absolute Gasteiger partial charge is 0.339 e. The van der Waals surface area contributed by atoms with Crippen molar-refractivity contribution in [3.8, 4) is 5.75 Å². The fourth-order valence-electron chi connectivity index (χ4n) is 1.80. The molecule has 104 valence electrons. The van der Waals surface area contributed by atoms with Crippen LogP contribution in [0.2, 0.25) is 0 Å². The quantitative estimate of drug-likeness (QED) is 0.671. The minimum atomic E-state index is -1.09. The number of carboxylic acid groups (broad SMARTS) is 1. The van der Waals surface area contributed by atoms with Crippen LogP contribution >= 0.6 is 0 Å². The van der Waals surface area contributed by atoms with Crippen LogP contribution < -0.4 is 0 Å². The maximum absolute atomic E-state index is 11.2. The van der Waals surface area contributed by atoms with Crippen LogP contribution in [-0.2, 0) is 36.7 Å². The van der Waals surface area contributed by atoms with Gasteiger partial charge in [0, 0.05) is 31.4 Å². The fraction of sp³-hybridized carbons (Fsp3) is 0.533. The first-order chi connectivity index (χ1) is 7.94. The molecule has 3 nitrogen and oxygen atoms in total. The molecule has 4 heteroatoms. The van der Waals surface area contributed by atoms with E-state index in [1.54, 1.807) is 6.07 Å². The fourth-order valence-corrected chi connectivity index (χ4v) is 1.80. The molecule has 0 aliphatic carbocycles. The molecule has 0 amide bonds. The van der Waals surface area contributed by atoms with Crippen LogP contribution in [0.3, 0.4) is 0 Å². The summed E-state index contributed by atoms with van der Waals surface area (Å²) in [5.41, 5.74) is 1.12. The second-order valence-electron chi connectivity index (χ2n) is 6.73. The van der Waals surface area contributed by atoms with Crippen LogP contribution in [0.25, 0.3) is 0 Å². The van der Waals surface area contributed by atoms with Gasteiger partial charge in [-0.2, -0.15) is 0 Å². The average molecular weight is 429 g/mol. The average Bonchev–Trinajstić information content (AvgIpc) is 2.13. The van der Waals surface area contributed by atoms with Crippen LogP contribution in [0.5, 0.6) is 5.75 Å². The van der Waals surface area contributed by atoms with Crippen LogP contribution in [0.15, 0.2) is 12.1 Å². The predicted octanol–water partition coefficient (Wildman–Crippen LogP) is 3.68. The molecule has 1 aromatic carbocycles. The van der Waals surface area contributed by atoms with E-state index in [2.05, 4.69) is 0 Å². The van der Waals surface area contributed by atoms with E-state index in [9.17, 15) is 15.0 Å². The van der Waals surface area contributed by atoms with E-state index in [0.29, 0.717) is 5.56 Å². The zero-order valence-electron chi connectivity index (χ0n) is 12.5. The maximum Gasteiger partial charge on any atom is 0.339 e. The number of hydrogen-bond donors (Lipinski definition) is 2. The molecule has 0 radical (unpaired) electrons. The molecule has 2 N–H and O–H groups in total. The van der Waals surface area contributed by atoms with Gasteiger partial charge in [0.05, 0.1) is 0 Å². The number of aromatic carboxylic acids is 1. The van der Waals surface area contributed by atoms with Gasteiger partial charge in [0.15, 0.2) is 0 Å². The summed E-state index contributed by atoms with van der Waals surface area (Å²) in [6, 6.07) is 3.47. The summed E-state index contributed by atoms with van der Waals surface area (Å²) in [6.07, 6.45) is 0. The predicted molar refractivity (Wildman–Crippen MR) is 72.5 cm³/mol. The molecule has 0 heterocycles. The summed E-state index contributed by atoms with van der Waals surface area (Å²) < 4.78 is 0. The summed E-state index contributed by atoms with van der Waals surface area (Å²) >= 11 is 0. The second-order valence-corrected chi connectivity index (χ2v) is 6.73. The molecule has 1 rings (SSSR count). The van der Waals surface area contributed by atoms with Gasteiger partial charge >= 0.3 is 5.97 Å². The summed E-state index contributed by atoms with van der Waals surface area (Å²) in [7, 11) is 0. The molecule has 0 aliphatic heterocycles. The van der Waals surface area contributed by atoms with Crippen molar-refractivity contribution in [2.45, 2.75) is 52.4 Å². The van der Waals surface area contributed by atoms with E-state index in [-0.39, 0.29) is 48.0 Å². The topological polar surface area (TPSA) is 57.5 Å². The van der Waals surface area contributed by atoms with Gasteiger partial charge in [-0.1, -0.05) is 47.6 Å². The minimum Gasteiger partial charge on any atom is -0.507 e. The Hall–Kier alpha value is -0.640. The van der Waals surface area contributed by atoms with Crippen molar-refractivity contribution in [1.82, 2.24) is 0 Å². The Bertz CT molecular complexity index is 479. The van der Waals surface area contributed by atoms with Crippen molar-refractivity contribution >= 4 is 5.97 Å². The van der Waals surface area contributed by atoms with Gasteiger partial charge in [0.1, 0.15) is 11.3 Å². The number of rotatable bonds is 1. The molecule has 19 heavy (non-hydrogen) atoms. The van der Waals surface area contributed by atoms with E-state index in [0.717, 1.165) is 5.56 Å². The molecule has 0 bridgehead atoms. The number of phenols is 1. The molecular weight excluding hydrogens is 407 g/mol. The molecule has 0 atom stereocenters. The van der Waals surface area contributed by atoms with Crippen LogP contribution in [0, 0.1) is 0 Å². The number of benzene rings is 1. The first-order valence-electron chi connectivity index (χ1n) is 6.06. The number of carboxylic acids is 1. The Kier molecular flexibility index (Phi) is 5.58. The van der Waals surface area contributed by atoms with E-state index in [1.807, 2.05) is 47.6 Å². The van der Waals surface area contributed by atoms with Crippen molar-refractivity contribution in [2.75, 3.05) is 0 Å². The minimum absolute atomic E-state index is 0. The summed E-state index contributed by atoms with van der Waals surface area (Å²) in [4.78, 5) is 11.2. The van der Waals surface area contributed by atoms with Gasteiger partial charge in [0.2, 0.25) is 0 Å². The molecule has 0 aromatic heterocycles. The van der Waals surface area contributed by atoms with Crippen molar-refractivity contribution < 1.29 is 40.9 Å². The van der Waals surface area contributed by atoms with Crippen molar-refractivity contribution in [3.63, 3.8) is 0 Å². The van der Waals surface area contributed by atoms with Gasteiger partial charge in [-0.15, -0.1) is 0 Å². The first-order valence-corrected chi connectivity index (χ1v) is 6.06. The molecule has 0 fully saturated rings. The number of carbonyl (C=O) groups is 1. The van der Waals surface area contributed by atoms with Gasteiger partial charge in [-0.25, -0.2) is 4.79 Å². The van der Waals surface area contributed by atoms with Crippen molar-refractivity contribution in [2.24, 2.45) is 0 Å². The van der Waals surface area contributed by atoms with Crippen LogP contribution in [-0.4, -0.2) is 16.2 Å². The maximum atomic E-state index is 11.2. The first kappa shape index (κ1) is 18.4. The van der Waals surface area contributed by atoms with Crippen molar-refractivity contribution in [3.05, 3.63) is 28.8 Å². The Balaban J connectivity index is 0.00000324. The third kappa shape index (κ3) is 4.16. The summed E-state index contributed by atoms with van der Waals surface area (Å²) in [5, 5.41) is 19.3. The Morgan fingerprint density at radius 2 is 1.47 bits per heavy atom. The zero-order valence-corrected chi connectivity index (χ0v) is 16.1. The standard InChI is InChI=1S/C15H22O3.Hf/c1-14(2,3)9-7-10(13(17)18)12(16)11(8-9)15(4,5)6;/h7-8,16H,1-6H3,(H,17,18);. The number of aromatic hydroxyl groups is 1. The summed E-state index contributed by atoms with van der Waals surface area (Å²) in [6.45, 7) is 12.0. The van der Waals surface area contributed by atoms with Crippen LogP contribution in [0.1, 0.15) is 63.0 Å². The molecule has 0 spiro atoms. The Morgan fingerprint density at radius 3 is 1.79 bits per heavy atom. The van der Waals surface area contributed by atoms with E-state index < -0.39 is 5.97 Å². The molecule has 0 aliphatic rings. The van der Waals surface area contributed by atoms with E-state index >= 15 is 0 Å². The van der Waals surface area contributed by atoms with Crippen molar-refractivity contribution in [1.29, 1.82) is 0 Å². The molecule has 0 saturated carbocycles. The molecular formula is C15H22HfO3. The molecule has 0 unspecified atom stereocenters. The zero-order chi connectivity index (χ0) is 14.3. The van der Waals surface area contributed by atoms with E-state index in [4.69, 9.17) is 0 Å². The third-order valence-corrected chi connectivity index (χ3v) is 3.01. The normalized spacial score (nSPS) is 11.9. The SMILES string of the molecule is CC(C)(C)c1cc(C(=O)O)c(O)c(C(C)(C)C)c1.[Hf]. The van der Waals surface area contributed by atoms with E-state index in [1.165, 1.54) is 0 Å². The third-order valence-electron chi connectivity index (χ3n) is 3.01. The van der Waals surface area contributed by atoms with Gasteiger partial charge in [-0.05, 0) is 22.5 Å². The largest absolute Gasteiger partial charge is 0.507 e. The van der Waals surface area contributed by atoms with Gasteiger partial charge in [-0.3, -0.25) is 0 Å². The molecule has 0 saturated heterocycles. The second kappa shape index (κ2) is 5.78. The summed E-state index contributed by atoms with van der Waals surface area (Å²) in [5.74, 6) is -1.22. The van der Waals surface area contributed by atoms with Crippen LogP contribution in [0.4, 0.5) is 0 Å². The Labute approximate surface area is 133 Å². The monoisotopic (exact) mass is 430 g/mol. The van der Waals surface area contributed by atoms with Gasteiger partial charge in [0.25, 0.3) is 0 Å². The molecule has 1 aromatic rings. The van der Waals surface area contributed by atoms with Gasteiger partial charge < -0.3 is 10.2 Å². The Morgan fingerprint density at radius 1 is 1.00 bits per heavy atom. The number of hydrogen-bond acceptors (Lipinski definition) is 2.